The Morgan fingerprint density at radius 2 is 2.22 bits per heavy atom. The molecule has 0 saturated heterocycles. The minimum Gasteiger partial charge on any atom is -0.303 e. The van der Waals surface area contributed by atoms with Gasteiger partial charge in [-0.25, -0.2) is 0 Å². The highest BCUT2D eigenvalue weighted by Gasteiger charge is 2.08. The molecule has 0 aliphatic rings. The summed E-state index contributed by atoms with van der Waals surface area (Å²) in [5, 5.41) is 0. The second kappa shape index (κ2) is 4.24. The maximum atomic E-state index is 10.7. The van der Waals surface area contributed by atoms with Crippen molar-refractivity contribution in [1.82, 2.24) is 0 Å². The van der Waals surface area contributed by atoms with Crippen molar-refractivity contribution >= 4 is 12.1 Å². The van der Waals surface area contributed by atoms with Crippen molar-refractivity contribution in [2.24, 2.45) is 5.92 Å². The van der Waals surface area contributed by atoms with E-state index in [1.807, 2.05) is 13.8 Å². The van der Waals surface area contributed by atoms with Gasteiger partial charge in [-0.1, -0.05) is 13.8 Å². The molecule has 2 nitrogen and oxygen atoms in total. The zero-order valence-electron chi connectivity index (χ0n) is 5.89. The van der Waals surface area contributed by atoms with E-state index >= 15 is 0 Å². The van der Waals surface area contributed by atoms with Crippen LogP contribution in [0.5, 0.6) is 0 Å². The molecule has 0 radical (unpaired) electrons. The van der Waals surface area contributed by atoms with Crippen LogP contribution in [0.25, 0.3) is 0 Å². The number of carbonyl (C=O) groups excluding carboxylic acids is 2. The molecule has 0 aromatic carbocycles. The molecule has 0 amide bonds. The quantitative estimate of drug-likeness (QED) is 0.421. The second-order valence-corrected chi connectivity index (χ2v) is 2.15. The first-order chi connectivity index (χ1) is 4.22. The van der Waals surface area contributed by atoms with Gasteiger partial charge in [-0.15, -0.1) is 0 Å². The molecule has 0 aromatic rings. The van der Waals surface area contributed by atoms with Crippen molar-refractivity contribution in [3.63, 3.8) is 0 Å². The maximum absolute atomic E-state index is 10.7. The first-order valence-corrected chi connectivity index (χ1v) is 3.18. The topological polar surface area (TPSA) is 34.1 Å². The molecule has 0 aliphatic carbocycles. The summed E-state index contributed by atoms with van der Waals surface area (Å²) in [4.78, 5) is 20.6. The van der Waals surface area contributed by atoms with Gasteiger partial charge in [0.1, 0.15) is 12.1 Å². The molecule has 0 rings (SSSR count). The van der Waals surface area contributed by atoms with E-state index in [9.17, 15) is 9.59 Å². The molecular formula is C7H12O2. The minimum absolute atomic E-state index is 0.0486. The van der Waals surface area contributed by atoms with Crippen molar-refractivity contribution in [3.05, 3.63) is 0 Å². The largest absolute Gasteiger partial charge is 0.303 e. The van der Waals surface area contributed by atoms with Crippen molar-refractivity contribution in [2.45, 2.75) is 26.7 Å². The highest BCUT2D eigenvalue weighted by molar-refractivity contribution is 5.91. The molecule has 9 heavy (non-hydrogen) atoms. The van der Waals surface area contributed by atoms with Gasteiger partial charge in [0.25, 0.3) is 0 Å². The van der Waals surface area contributed by atoms with Gasteiger partial charge in [0.2, 0.25) is 0 Å². The molecule has 0 heterocycles. The monoisotopic (exact) mass is 128 g/mol. The Hall–Kier alpha value is -0.660. The second-order valence-electron chi connectivity index (χ2n) is 2.15. The standard InChI is InChI=1S/C7H12O2/c1-3-6(2)7(9)4-5-8/h5-6H,3-4H2,1-2H3. The van der Waals surface area contributed by atoms with Crippen LogP contribution in [-0.4, -0.2) is 12.1 Å². The van der Waals surface area contributed by atoms with Gasteiger partial charge in [-0.2, -0.15) is 0 Å². The summed E-state index contributed by atoms with van der Waals surface area (Å²) in [7, 11) is 0. The Balaban J connectivity index is 3.58. The van der Waals surface area contributed by atoms with Crippen molar-refractivity contribution < 1.29 is 9.59 Å². The third-order valence-electron chi connectivity index (χ3n) is 1.45. The van der Waals surface area contributed by atoms with Crippen LogP contribution in [0.4, 0.5) is 0 Å². The van der Waals surface area contributed by atoms with Gasteiger partial charge in [-0.3, -0.25) is 4.79 Å². The summed E-state index contributed by atoms with van der Waals surface area (Å²) in [5.74, 6) is 0.0997. The summed E-state index contributed by atoms with van der Waals surface area (Å²) in [6.07, 6.45) is 1.57. The summed E-state index contributed by atoms with van der Waals surface area (Å²) in [6, 6.07) is 0. The van der Waals surface area contributed by atoms with Crippen LogP contribution in [0.15, 0.2) is 0 Å². The molecule has 0 saturated carbocycles. The third kappa shape index (κ3) is 3.01. The van der Waals surface area contributed by atoms with Crippen LogP contribution in [0.1, 0.15) is 26.7 Å². The third-order valence-corrected chi connectivity index (χ3v) is 1.45. The highest BCUT2D eigenvalue weighted by Crippen LogP contribution is 2.02. The lowest BCUT2D eigenvalue weighted by molar-refractivity contribution is -0.125. The molecule has 0 bridgehead atoms. The molecule has 0 fully saturated rings. The molecule has 1 atom stereocenters. The predicted octanol–water partition coefficient (Wildman–Crippen LogP) is 1.19. The van der Waals surface area contributed by atoms with Crippen LogP contribution < -0.4 is 0 Å². The summed E-state index contributed by atoms with van der Waals surface area (Å²) < 4.78 is 0. The van der Waals surface area contributed by atoms with E-state index in [4.69, 9.17) is 0 Å². The molecule has 0 aliphatic heterocycles. The summed E-state index contributed by atoms with van der Waals surface area (Å²) >= 11 is 0. The summed E-state index contributed by atoms with van der Waals surface area (Å²) in [5.41, 5.74) is 0. The number of aldehydes is 1. The first kappa shape index (κ1) is 8.34. The van der Waals surface area contributed by atoms with Gasteiger partial charge in [0.05, 0.1) is 6.42 Å². The number of rotatable bonds is 4. The molecule has 0 N–H and O–H groups in total. The highest BCUT2D eigenvalue weighted by atomic mass is 16.1. The average molecular weight is 128 g/mol. The zero-order valence-corrected chi connectivity index (χ0v) is 5.89. The normalized spacial score (nSPS) is 12.7. The lowest BCUT2D eigenvalue weighted by atomic mass is 10.0. The zero-order chi connectivity index (χ0) is 7.28. The molecular weight excluding hydrogens is 116 g/mol. The van der Waals surface area contributed by atoms with Gasteiger partial charge in [0.15, 0.2) is 0 Å². The number of hydrogen-bond acceptors (Lipinski definition) is 2. The smallest absolute Gasteiger partial charge is 0.142 e. The van der Waals surface area contributed by atoms with E-state index in [0.717, 1.165) is 6.42 Å². The van der Waals surface area contributed by atoms with Crippen LogP contribution in [0.3, 0.4) is 0 Å². The van der Waals surface area contributed by atoms with E-state index < -0.39 is 0 Å². The van der Waals surface area contributed by atoms with Crippen LogP contribution >= 0.6 is 0 Å². The van der Waals surface area contributed by atoms with E-state index in [0.29, 0.717) is 6.29 Å². The number of Topliss-reactive ketones (excluding diaryl/α,β-unsaturated/α-hetero) is 1. The SMILES string of the molecule is CCC(C)C(=O)CC=O. The van der Waals surface area contributed by atoms with Crippen molar-refractivity contribution in [3.8, 4) is 0 Å². The van der Waals surface area contributed by atoms with E-state index in [-0.39, 0.29) is 18.1 Å². The lowest BCUT2D eigenvalue weighted by Crippen LogP contribution is -2.09. The van der Waals surface area contributed by atoms with E-state index in [2.05, 4.69) is 0 Å². The number of carbonyl (C=O) groups is 2. The van der Waals surface area contributed by atoms with Gasteiger partial charge in [-0.05, 0) is 6.42 Å². The Labute approximate surface area is 55.3 Å². The van der Waals surface area contributed by atoms with Crippen LogP contribution in [0.2, 0.25) is 0 Å². The van der Waals surface area contributed by atoms with Gasteiger partial charge in [0, 0.05) is 5.92 Å². The van der Waals surface area contributed by atoms with Crippen LogP contribution in [0, 0.1) is 5.92 Å². The van der Waals surface area contributed by atoms with Crippen molar-refractivity contribution in [1.29, 1.82) is 0 Å². The molecule has 0 aromatic heterocycles. The molecule has 0 spiro atoms. The Bertz CT molecular complexity index is 107. The minimum atomic E-state index is 0.0486. The Kier molecular flexibility index (Phi) is 3.93. The fourth-order valence-corrected chi connectivity index (χ4v) is 0.511. The van der Waals surface area contributed by atoms with E-state index in [1.54, 1.807) is 0 Å². The van der Waals surface area contributed by atoms with Gasteiger partial charge >= 0.3 is 0 Å². The fourth-order valence-electron chi connectivity index (χ4n) is 0.511. The maximum Gasteiger partial charge on any atom is 0.142 e. The predicted molar refractivity (Wildman–Crippen MR) is 35.1 cm³/mol. The Morgan fingerprint density at radius 1 is 1.67 bits per heavy atom. The number of hydrogen-bond donors (Lipinski definition) is 0. The van der Waals surface area contributed by atoms with Gasteiger partial charge < -0.3 is 4.79 Å². The molecule has 2 heteroatoms. The summed E-state index contributed by atoms with van der Waals surface area (Å²) in [6.45, 7) is 3.78. The lowest BCUT2D eigenvalue weighted by Gasteiger charge is -2.01. The Morgan fingerprint density at radius 3 is 2.56 bits per heavy atom. The van der Waals surface area contributed by atoms with E-state index in [1.165, 1.54) is 0 Å². The number of ketones is 1. The van der Waals surface area contributed by atoms with Crippen LogP contribution in [-0.2, 0) is 9.59 Å². The fraction of sp³-hybridized carbons (Fsp3) is 0.714. The first-order valence-electron chi connectivity index (χ1n) is 3.18. The average Bonchev–Trinajstić information content (AvgIpc) is 1.87. The van der Waals surface area contributed by atoms with Crippen molar-refractivity contribution in [2.75, 3.05) is 0 Å². The molecule has 1 unspecified atom stereocenters. The molecule has 52 valence electrons.